The molecule has 0 saturated carbocycles. The number of nitrogens with zero attached hydrogens (tertiary/aromatic N) is 1. The summed E-state index contributed by atoms with van der Waals surface area (Å²) in [6.07, 6.45) is -4.50. The molecule has 0 amide bonds. The second-order valence-corrected chi connectivity index (χ2v) is 7.11. The van der Waals surface area contributed by atoms with E-state index in [2.05, 4.69) is 15.3 Å². The van der Waals surface area contributed by atoms with Crippen LogP contribution in [-0.2, 0) is 6.18 Å². The molecule has 31 heavy (non-hydrogen) atoms. The molecule has 0 unspecified atom stereocenters. The summed E-state index contributed by atoms with van der Waals surface area (Å²) < 4.78 is 55.3. The highest BCUT2D eigenvalue weighted by Gasteiger charge is 2.31. The zero-order valence-electron chi connectivity index (χ0n) is 15.6. The molecule has 4 aromatic rings. The van der Waals surface area contributed by atoms with Crippen LogP contribution in [-0.4, -0.2) is 16.8 Å². The van der Waals surface area contributed by atoms with Gasteiger partial charge in [0.1, 0.15) is 17.0 Å². The van der Waals surface area contributed by atoms with Crippen molar-refractivity contribution in [3.63, 3.8) is 0 Å². The molecule has 5 rings (SSSR count). The number of H-pyrrole nitrogens is 1. The van der Waals surface area contributed by atoms with E-state index in [9.17, 15) is 13.2 Å². The summed E-state index contributed by atoms with van der Waals surface area (Å²) in [4.78, 5) is 7.04. The SMILES string of the molecule is FC(F)(F)c1cc(Cl)c2nc(Nc3ccc(Oc4ccc5c(c4)OCO5)cc3)[nH]c2c1. The van der Waals surface area contributed by atoms with Crippen LogP contribution in [0.4, 0.5) is 24.8 Å². The minimum atomic E-state index is -4.50. The maximum Gasteiger partial charge on any atom is 0.416 e. The van der Waals surface area contributed by atoms with Gasteiger partial charge in [-0.1, -0.05) is 11.6 Å². The molecule has 1 aliphatic rings. The minimum Gasteiger partial charge on any atom is -0.457 e. The molecule has 6 nitrogen and oxygen atoms in total. The smallest absolute Gasteiger partial charge is 0.416 e. The average Bonchev–Trinajstić information content (AvgIpc) is 3.35. The monoisotopic (exact) mass is 447 g/mol. The zero-order chi connectivity index (χ0) is 21.6. The van der Waals surface area contributed by atoms with Crippen LogP contribution in [0.3, 0.4) is 0 Å². The van der Waals surface area contributed by atoms with E-state index in [1.807, 2.05) is 0 Å². The predicted octanol–water partition coefficient (Wildman–Crippen LogP) is 6.50. The summed E-state index contributed by atoms with van der Waals surface area (Å²) >= 11 is 5.97. The highest BCUT2D eigenvalue weighted by atomic mass is 35.5. The third kappa shape index (κ3) is 3.91. The second-order valence-electron chi connectivity index (χ2n) is 6.70. The van der Waals surface area contributed by atoms with Crippen LogP contribution in [0.1, 0.15) is 5.56 Å². The van der Waals surface area contributed by atoms with Gasteiger partial charge in [-0.2, -0.15) is 13.2 Å². The van der Waals surface area contributed by atoms with Crippen molar-refractivity contribution in [2.45, 2.75) is 6.18 Å². The number of ether oxygens (including phenoxy) is 3. The quantitative estimate of drug-likeness (QED) is 0.374. The second kappa shape index (κ2) is 7.28. The third-order valence-electron chi connectivity index (χ3n) is 4.56. The van der Waals surface area contributed by atoms with E-state index < -0.39 is 11.7 Å². The van der Waals surface area contributed by atoms with E-state index in [4.69, 9.17) is 25.8 Å². The molecular weight excluding hydrogens is 435 g/mol. The van der Waals surface area contributed by atoms with Crippen molar-refractivity contribution in [2.75, 3.05) is 12.1 Å². The predicted molar refractivity (Wildman–Crippen MR) is 108 cm³/mol. The number of alkyl halides is 3. The zero-order valence-corrected chi connectivity index (χ0v) is 16.3. The minimum absolute atomic E-state index is 0.0819. The Morgan fingerprint density at radius 3 is 2.48 bits per heavy atom. The molecule has 3 aromatic carbocycles. The fraction of sp³-hybridized carbons (Fsp3) is 0.0952. The summed E-state index contributed by atoms with van der Waals surface area (Å²) in [7, 11) is 0. The van der Waals surface area contributed by atoms with Crippen molar-refractivity contribution >= 4 is 34.3 Å². The molecule has 10 heteroatoms. The lowest BCUT2D eigenvalue weighted by Crippen LogP contribution is -2.04. The number of hydrogen-bond donors (Lipinski definition) is 2. The normalized spacial score (nSPS) is 12.9. The largest absolute Gasteiger partial charge is 0.457 e. The van der Waals surface area contributed by atoms with Gasteiger partial charge in [0.15, 0.2) is 11.5 Å². The van der Waals surface area contributed by atoms with Gasteiger partial charge in [-0.3, -0.25) is 0 Å². The Kier molecular flexibility index (Phi) is 4.55. The summed E-state index contributed by atoms with van der Waals surface area (Å²) in [6, 6.07) is 14.1. The van der Waals surface area contributed by atoms with E-state index >= 15 is 0 Å². The van der Waals surface area contributed by atoms with Crippen molar-refractivity contribution in [3.8, 4) is 23.0 Å². The fourth-order valence-electron chi connectivity index (χ4n) is 3.12. The van der Waals surface area contributed by atoms with E-state index in [-0.39, 0.29) is 28.8 Å². The number of rotatable bonds is 4. The van der Waals surface area contributed by atoms with Gasteiger partial charge in [-0.05, 0) is 48.5 Å². The summed E-state index contributed by atoms with van der Waals surface area (Å²) in [5.74, 6) is 2.73. The molecule has 1 aliphatic heterocycles. The third-order valence-corrected chi connectivity index (χ3v) is 4.85. The van der Waals surface area contributed by atoms with E-state index in [1.54, 1.807) is 42.5 Å². The average molecular weight is 448 g/mol. The first-order valence-electron chi connectivity index (χ1n) is 9.06. The van der Waals surface area contributed by atoms with Crippen molar-refractivity contribution in [1.29, 1.82) is 0 Å². The fourth-order valence-corrected chi connectivity index (χ4v) is 3.38. The Bertz CT molecular complexity index is 1270. The van der Waals surface area contributed by atoms with Crippen LogP contribution < -0.4 is 19.5 Å². The lowest BCUT2D eigenvalue weighted by atomic mass is 10.2. The van der Waals surface area contributed by atoms with Gasteiger partial charge >= 0.3 is 6.18 Å². The number of halogens is 4. The number of anilines is 2. The van der Waals surface area contributed by atoms with E-state index in [0.29, 0.717) is 28.7 Å². The highest BCUT2D eigenvalue weighted by Crippen LogP contribution is 2.37. The summed E-state index contributed by atoms with van der Waals surface area (Å²) in [6.45, 7) is 0.184. The van der Waals surface area contributed by atoms with Crippen molar-refractivity contribution in [3.05, 3.63) is 65.2 Å². The maximum atomic E-state index is 13.0. The molecule has 0 fully saturated rings. The Morgan fingerprint density at radius 1 is 0.968 bits per heavy atom. The van der Waals surface area contributed by atoms with E-state index in [1.165, 1.54) is 0 Å². The Balaban J connectivity index is 1.32. The van der Waals surface area contributed by atoms with Gasteiger partial charge in [0.25, 0.3) is 0 Å². The first-order chi connectivity index (χ1) is 14.8. The Hall–Kier alpha value is -3.59. The van der Waals surface area contributed by atoms with Gasteiger partial charge in [-0.25, -0.2) is 4.98 Å². The number of aromatic amines is 1. The van der Waals surface area contributed by atoms with E-state index in [0.717, 1.165) is 12.1 Å². The molecule has 0 saturated heterocycles. The number of aromatic nitrogens is 2. The lowest BCUT2D eigenvalue weighted by molar-refractivity contribution is -0.137. The maximum absolute atomic E-state index is 13.0. The number of benzene rings is 3. The van der Waals surface area contributed by atoms with Gasteiger partial charge in [0, 0.05) is 11.8 Å². The molecule has 2 heterocycles. The van der Waals surface area contributed by atoms with Crippen LogP contribution in [0.5, 0.6) is 23.0 Å². The van der Waals surface area contributed by atoms with Crippen LogP contribution in [0.15, 0.2) is 54.6 Å². The number of imidazole rings is 1. The summed E-state index contributed by atoms with van der Waals surface area (Å²) in [5.41, 5.74) is 0.250. The van der Waals surface area contributed by atoms with Crippen molar-refractivity contribution in [1.82, 2.24) is 9.97 Å². The molecule has 1 aromatic heterocycles. The first kappa shape index (κ1) is 19.4. The molecule has 0 bridgehead atoms. The number of fused-ring (bicyclic) bond motifs is 2. The molecule has 0 spiro atoms. The molecule has 2 N–H and O–H groups in total. The van der Waals surface area contributed by atoms with Gasteiger partial charge < -0.3 is 24.5 Å². The van der Waals surface area contributed by atoms with Crippen molar-refractivity contribution < 1.29 is 27.4 Å². The number of hydrogen-bond acceptors (Lipinski definition) is 5. The van der Waals surface area contributed by atoms with Crippen LogP contribution >= 0.6 is 11.6 Å². The van der Waals surface area contributed by atoms with Gasteiger partial charge in [0.05, 0.1) is 16.1 Å². The standard InChI is InChI=1S/C21H13ClF3N3O3/c22-15-7-11(21(23,24)25)8-16-19(15)28-20(27-16)26-12-1-3-13(4-2-12)31-14-5-6-17-18(9-14)30-10-29-17/h1-9H,10H2,(H2,26,27,28). The van der Waals surface area contributed by atoms with Gasteiger partial charge in [0.2, 0.25) is 12.7 Å². The highest BCUT2D eigenvalue weighted by molar-refractivity contribution is 6.35. The van der Waals surface area contributed by atoms with Crippen LogP contribution in [0.2, 0.25) is 5.02 Å². The molecule has 0 aliphatic carbocycles. The topological polar surface area (TPSA) is 68.4 Å². The molecule has 158 valence electrons. The molecule has 0 atom stereocenters. The molecular formula is C21H13ClF3N3O3. The van der Waals surface area contributed by atoms with Crippen LogP contribution in [0.25, 0.3) is 11.0 Å². The van der Waals surface area contributed by atoms with Crippen molar-refractivity contribution in [2.24, 2.45) is 0 Å². The Labute approximate surface area is 178 Å². The molecule has 0 radical (unpaired) electrons. The van der Waals surface area contributed by atoms with Crippen LogP contribution in [0, 0.1) is 0 Å². The summed E-state index contributed by atoms with van der Waals surface area (Å²) in [5, 5.41) is 2.92. The Morgan fingerprint density at radius 2 is 1.71 bits per heavy atom. The number of nitrogens with one attached hydrogen (secondary N) is 2. The lowest BCUT2D eigenvalue weighted by Gasteiger charge is -2.08. The first-order valence-corrected chi connectivity index (χ1v) is 9.44. The van der Waals surface area contributed by atoms with Gasteiger partial charge in [-0.15, -0.1) is 0 Å².